The van der Waals surface area contributed by atoms with Gasteiger partial charge in [0, 0.05) is 5.69 Å². The number of nitrogens with two attached hydrogens (primary N) is 1. The summed E-state index contributed by atoms with van der Waals surface area (Å²) in [5.74, 6) is -0.663. The lowest BCUT2D eigenvalue weighted by Gasteiger charge is -2.17. The second kappa shape index (κ2) is 8.31. The van der Waals surface area contributed by atoms with Gasteiger partial charge in [-0.25, -0.2) is 0 Å². The Kier molecular flexibility index (Phi) is 5.97. The van der Waals surface area contributed by atoms with Crippen LogP contribution in [0, 0.1) is 0 Å². The first kappa shape index (κ1) is 21.6. The summed E-state index contributed by atoms with van der Waals surface area (Å²) in [5, 5.41) is 6.66. The number of alkyl halides is 3. The molecule has 3 aromatic rings. The number of halogens is 4. The smallest absolute Gasteiger partial charge is 0.399 e. The molecule has 3 N–H and O–H groups in total. The lowest BCUT2D eigenvalue weighted by molar-refractivity contribution is -0.137. The van der Waals surface area contributed by atoms with Gasteiger partial charge in [-0.15, -0.1) is 0 Å². The molecule has 0 saturated carbocycles. The largest absolute Gasteiger partial charge is 0.416 e. The van der Waals surface area contributed by atoms with Crippen molar-refractivity contribution in [1.82, 2.24) is 15.1 Å². The Morgan fingerprint density at radius 2 is 1.83 bits per heavy atom. The van der Waals surface area contributed by atoms with Crippen molar-refractivity contribution in [3.05, 3.63) is 86.2 Å². The van der Waals surface area contributed by atoms with Gasteiger partial charge in [0.15, 0.2) is 5.69 Å². The SMILES string of the molecule is C[C@@H](NC(=O)c1cc(Br)c(=O)n(-c2ccccc2)n1)c1cc(N)cc(C(F)(F)F)c1. The molecular formula is C20H16BrF3N4O2. The molecule has 0 bridgehead atoms. The monoisotopic (exact) mass is 480 g/mol. The Morgan fingerprint density at radius 3 is 2.47 bits per heavy atom. The van der Waals surface area contributed by atoms with Gasteiger partial charge in [-0.05, 0) is 64.8 Å². The number of carbonyl (C=O) groups excluding carboxylic acids is 1. The molecule has 10 heteroatoms. The summed E-state index contributed by atoms with van der Waals surface area (Å²) in [7, 11) is 0. The predicted molar refractivity (Wildman–Crippen MR) is 109 cm³/mol. The summed E-state index contributed by atoms with van der Waals surface area (Å²) in [4.78, 5) is 25.0. The van der Waals surface area contributed by atoms with Gasteiger partial charge in [0.2, 0.25) is 0 Å². The Bertz CT molecular complexity index is 1150. The van der Waals surface area contributed by atoms with E-state index < -0.39 is 29.2 Å². The minimum Gasteiger partial charge on any atom is -0.399 e. The molecule has 30 heavy (non-hydrogen) atoms. The zero-order chi connectivity index (χ0) is 22.1. The van der Waals surface area contributed by atoms with Crippen molar-refractivity contribution in [2.75, 3.05) is 5.73 Å². The third-order valence-electron chi connectivity index (χ3n) is 4.25. The van der Waals surface area contributed by atoms with Crippen LogP contribution >= 0.6 is 15.9 Å². The molecule has 0 saturated heterocycles. The molecule has 2 aromatic carbocycles. The molecular weight excluding hydrogens is 465 g/mol. The quantitative estimate of drug-likeness (QED) is 0.550. The molecule has 1 heterocycles. The zero-order valence-corrected chi connectivity index (χ0v) is 17.2. The summed E-state index contributed by atoms with van der Waals surface area (Å²) >= 11 is 3.12. The van der Waals surface area contributed by atoms with Crippen LogP contribution < -0.4 is 16.6 Å². The second-order valence-electron chi connectivity index (χ2n) is 6.51. The third kappa shape index (κ3) is 4.70. The van der Waals surface area contributed by atoms with Crippen LogP contribution in [0.25, 0.3) is 5.69 Å². The highest BCUT2D eigenvalue weighted by atomic mass is 79.9. The average molecular weight is 481 g/mol. The van der Waals surface area contributed by atoms with Crippen LogP contribution in [0.4, 0.5) is 18.9 Å². The van der Waals surface area contributed by atoms with E-state index in [0.717, 1.165) is 16.8 Å². The first-order valence-electron chi connectivity index (χ1n) is 8.70. The normalized spacial score (nSPS) is 12.4. The van der Waals surface area contributed by atoms with Crippen LogP contribution in [0.2, 0.25) is 0 Å². The van der Waals surface area contributed by atoms with Crippen LogP contribution in [0.15, 0.2) is 63.9 Å². The van der Waals surface area contributed by atoms with Crippen LogP contribution in [-0.2, 0) is 6.18 Å². The van der Waals surface area contributed by atoms with Gasteiger partial charge in [0.05, 0.1) is 21.8 Å². The van der Waals surface area contributed by atoms with Crippen molar-refractivity contribution >= 4 is 27.5 Å². The number of nitrogens with zero attached hydrogens (tertiary/aromatic N) is 2. The van der Waals surface area contributed by atoms with Crippen molar-refractivity contribution in [1.29, 1.82) is 0 Å². The summed E-state index contributed by atoms with van der Waals surface area (Å²) < 4.78 is 40.3. The fourth-order valence-electron chi connectivity index (χ4n) is 2.76. The number of hydrogen-bond donors (Lipinski definition) is 2. The number of amides is 1. The van der Waals surface area contributed by atoms with E-state index in [4.69, 9.17) is 5.73 Å². The van der Waals surface area contributed by atoms with Gasteiger partial charge in [-0.1, -0.05) is 18.2 Å². The maximum Gasteiger partial charge on any atom is 0.416 e. The highest BCUT2D eigenvalue weighted by Gasteiger charge is 2.31. The van der Waals surface area contributed by atoms with E-state index >= 15 is 0 Å². The van der Waals surface area contributed by atoms with Crippen LogP contribution in [0.5, 0.6) is 0 Å². The van der Waals surface area contributed by atoms with Crippen LogP contribution in [0.1, 0.15) is 34.6 Å². The molecule has 0 unspecified atom stereocenters. The van der Waals surface area contributed by atoms with Crippen LogP contribution in [0.3, 0.4) is 0 Å². The first-order chi connectivity index (χ1) is 14.1. The number of anilines is 1. The van der Waals surface area contributed by atoms with E-state index in [1.54, 1.807) is 30.3 Å². The van der Waals surface area contributed by atoms with Gasteiger partial charge in [0.1, 0.15) is 0 Å². The molecule has 0 aliphatic carbocycles. The number of carbonyl (C=O) groups is 1. The van der Waals surface area contributed by atoms with Gasteiger partial charge in [0.25, 0.3) is 11.5 Å². The molecule has 3 rings (SSSR count). The number of para-hydroxylation sites is 1. The first-order valence-corrected chi connectivity index (χ1v) is 9.49. The Balaban J connectivity index is 1.91. The lowest BCUT2D eigenvalue weighted by Crippen LogP contribution is -2.31. The Labute approximate surface area is 177 Å². The Hall–Kier alpha value is -3.14. The maximum absolute atomic E-state index is 13.0. The number of nitrogens with one attached hydrogen (secondary N) is 1. The molecule has 6 nitrogen and oxygen atoms in total. The fraction of sp³-hybridized carbons (Fsp3) is 0.150. The van der Waals surface area contributed by atoms with E-state index in [1.807, 2.05) is 0 Å². The van der Waals surface area contributed by atoms with Gasteiger partial charge in [-0.2, -0.15) is 23.0 Å². The van der Waals surface area contributed by atoms with Gasteiger partial charge < -0.3 is 11.1 Å². The van der Waals surface area contributed by atoms with Gasteiger partial charge >= 0.3 is 6.18 Å². The van der Waals surface area contributed by atoms with Crippen molar-refractivity contribution in [3.63, 3.8) is 0 Å². The highest BCUT2D eigenvalue weighted by molar-refractivity contribution is 9.10. The average Bonchev–Trinajstić information content (AvgIpc) is 2.69. The number of rotatable bonds is 4. The minimum atomic E-state index is -4.56. The molecule has 156 valence electrons. The van der Waals surface area contributed by atoms with Crippen molar-refractivity contribution in [2.45, 2.75) is 19.1 Å². The molecule has 0 fully saturated rings. The second-order valence-corrected chi connectivity index (χ2v) is 7.37. The van der Waals surface area contributed by atoms with E-state index in [9.17, 15) is 22.8 Å². The van der Waals surface area contributed by atoms with Crippen molar-refractivity contribution in [2.24, 2.45) is 0 Å². The van der Waals surface area contributed by atoms with E-state index in [2.05, 4.69) is 26.3 Å². The fourth-order valence-corrected chi connectivity index (χ4v) is 3.15. The zero-order valence-electron chi connectivity index (χ0n) is 15.6. The van der Waals surface area contributed by atoms with E-state index in [1.165, 1.54) is 19.1 Å². The summed E-state index contributed by atoms with van der Waals surface area (Å²) in [6.45, 7) is 1.52. The van der Waals surface area contributed by atoms with Crippen molar-refractivity contribution in [3.8, 4) is 5.69 Å². The van der Waals surface area contributed by atoms with E-state index in [-0.39, 0.29) is 21.4 Å². The summed E-state index contributed by atoms with van der Waals surface area (Å²) in [6.07, 6.45) is -4.56. The third-order valence-corrected chi connectivity index (χ3v) is 4.82. The lowest BCUT2D eigenvalue weighted by atomic mass is 10.0. The predicted octanol–water partition coefficient (Wildman–Crippen LogP) is 4.09. The summed E-state index contributed by atoms with van der Waals surface area (Å²) in [5.41, 5.74) is 4.71. The minimum absolute atomic E-state index is 0.0700. The number of aromatic nitrogens is 2. The topological polar surface area (TPSA) is 90.0 Å². The summed E-state index contributed by atoms with van der Waals surface area (Å²) in [6, 6.07) is 12.1. The molecule has 1 aromatic heterocycles. The number of benzene rings is 2. The maximum atomic E-state index is 13.0. The number of hydrogen-bond acceptors (Lipinski definition) is 4. The van der Waals surface area contributed by atoms with E-state index in [0.29, 0.717) is 5.69 Å². The number of nitrogen functional groups attached to an aromatic ring is 1. The molecule has 1 amide bonds. The highest BCUT2D eigenvalue weighted by Crippen LogP contribution is 2.32. The standard InChI is InChI=1S/C20H16BrF3N4O2/c1-11(12-7-13(20(22,23)24)9-14(25)8-12)26-18(29)17-10-16(21)19(30)28(27-17)15-5-3-2-4-6-15/h2-11H,25H2,1H3,(H,26,29)/t11-/m1/s1. The Morgan fingerprint density at radius 1 is 1.17 bits per heavy atom. The van der Waals surface area contributed by atoms with Crippen LogP contribution in [-0.4, -0.2) is 15.7 Å². The van der Waals surface area contributed by atoms with Gasteiger partial charge in [-0.3, -0.25) is 9.59 Å². The molecule has 0 aliphatic heterocycles. The molecule has 0 spiro atoms. The molecule has 0 aliphatic rings. The molecule has 1 atom stereocenters. The molecule has 0 radical (unpaired) electrons. The van der Waals surface area contributed by atoms with Crippen molar-refractivity contribution < 1.29 is 18.0 Å².